The molecule has 2 aromatic carbocycles. The fourth-order valence-electron chi connectivity index (χ4n) is 3.37. The molecule has 4 aromatic rings. The van der Waals surface area contributed by atoms with Crippen molar-refractivity contribution in [1.82, 2.24) is 9.97 Å². The molecule has 30 heavy (non-hydrogen) atoms. The highest BCUT2D eigenvalue weighted by Crippen LogP contribution is 2.46. The molecule has 0 saturated carbocycles. The number of nitrogens with two attached hydrogens (primary N) is 1. The van der Waals surface area contributed by atoms with Crippen LogP contribution in [0, 0.1) is 0 Å². The number of phenolic OH excluding ortho intramolecular Hbond substituents is 1. The van der Waals surface area contributed by atoms with Crippen LogP contribution in [0.1, 0.15) is 0 Å². The molecule has 0 unspecified atom stereocenters. The number of aromatic amines is 1. The van der Waals surface area contributed by atoms with Crippen LogP contribution in [-0.2, 0) is 0 Å². The third kappa shape index (κ3) is 3.06. The Morgan fingerprint density at radius 2 is 1.80 bits per heavy atom. The van der Waals surface area contributed by atoms with Gasteiger partial charge in [0.05, 0.1) is 32.4 Å². The average Bonchev–Trinajstić information content (AvgIpc) is 3.11. The van der Waals surface area contributed by atoms with Gasteiger partial charge in [0, 0.05) is 17.3 Å². The molecule has 2 aromatic heterocycles. The van der Waals surface area contributed by atoms with Gasteiger partial charge >= 0.3 is 5.69 Å². The van der Waals surface area contributed by atoms with E-state index in [9.17, 15) is 9.90 Å². The minimum Gasteiger partial charge on any atom is -0.504 e. The van der Waals surface area contributed by atoms with Crippen LogP contribution in [0.4, 0.5) is 5.69 Å². The minimum absolute atomic E-state index is 0.112. The Kier molecular flexibility index (Phi) is 4.71. The highest BCUT2D eigenvalue weighted by molar-refractivity contribution is 6.01. The van der Waals surface area contributed by atoms with Gasteiger partial charge in [-0.15, -0.1) is 0 Å². The SMILES string of the molecule is COc1ccc(-c2oc3[nH]c(=O)ncc3c2-c2cc(O)c(OC)c(OC)c2)cc1N. The van der Waals surface area contributed by atoms with Crippen molar-refractivity contribution in [2.45, 2.75) is 0 Å². The number of nitrogens with one attached hydrogen (secondary N) is 1. The van der Waals surface area contributed by atoms with Gasteiger partial charge in [0.15, 0.2) is 11.5 Å². The molecule has 0 radical (unpaired) electrons. The van der Waals surface area contributed by atoms with Crippen LogP contribution in [0.25, 0.3) is 33.6 Å². The second-order valence-electron chi connectivity index (χ2n) is 6.42. The molecule has 4 N–H and O–H groups in total. The molecule has 0 aliphatic rings. The summed E-state index contributed by atoms with van der Waals surface area (Å²) in [6.45, 7) is 0. The number of rotatable bonds is 5. The largest absolute Gasteiger partial charge is 0.504 e. The Morgan fingerprint density at radius 1 is 1.03 bits per heavy atom. The Balaban J connectivity index is 2.04. The van der Waals surface area contributed by atoms with E-state index in [1.54, 1.807) is 24.3 Å². The van der Waals surface area contributed by atoms with Crippen molar-refractivity contribution in [1.29, 1.82) is 0 Å². The molecule has 4 rings (SSSR count). The van der Waals surface area contributed by atoms with Crippen molar-refractivity contribution < 1.29 is 23.7 Å². The van der Waals surface area contributed by atoms with Gasteiger partial charge in [-0.05, 0) is 35.9 Å². The first-order valence-electron chi connectivity index (χ1n) is 8.87. The summed E-state index contributed by atoms with van der Waals surface area (Å²) in [5.41, 5.74) is 8.00. The van der Waals surface area contributed by atoms with E-state index in [0.29, 0.717) is 45.0 Å². The van der Waals surface area contributed by atoms with E-state index in [-0.39, 0.29) is 17.2 Å². The van der Waals surface area contributed by atoms with E-state index >= 15 is 0 Å². The standard InChI is InChI=1S/C21H19N3O6/c1-27-15-5-4-10(6-13(15)22)18-17(12-9-23-21(26)24-20(12)30-18)11-7-14(25)19(29-3)16(8-11)28-2/h4-9,25H,22H2,1-3H3,(H,23,24,26). The number of hydrogen-bond acceptors (Lipinski definition) is 8. The summed E-state index contributed by atoms with van der Waals surface area (Å²) >= 11 is 0. The molecule has 9 heteroatoms. The fourth-order valence-corrected chi connectivity index (χ4v) is 3.37. The average molecular weight is 409 g/mol. The molecule has 0 fully saturated rings. The Bertz CT molecular complexity index is 1310. The van der Waals surface area contributed by atoms with Crippen molar-refractivity contribution in [2.24, 2.45) is 0 Å². The molecular weight excluding hydrogens is 390 g/mol. The van der Waals surface area contributed by atoms with E-state index < -0.39 is 5.69 Å². The highest BCUT2D eigenvalue weighted by Gasteiger charge is 2.22. The van der Waals surface area contributed by atoms with E-state index in [2.05, 4.69) is 9.97 Å². The number of furan rings is 1. The number of ether oxygens (including phenoxy) is 3. The van der Waals surface area contributed by atoms with Gasteiger partial charge in [0.1, 0.15) is 11.5 Å². The predicted molar refractivity (Wildman–Crippen MR) is 111 cm³/mol. The number of nitrogen functional groups attached to an aromatic ring is 1. The third-order valence-corrected chi connectivity index (χ3v) is 4.72. The minimum atomic E-state index is -0.543. The van der Waals surface area contributed by atoms with Crippen LogP contribution >= 0.6 is 0 Å². The summed E-state index contributed by atoms with van der Waals surface area (Å²) in [5.74, 6) is 1.37. The van der Waals surface area contributed by atoms with Crippen LogP contribution in [0.5, 0.6) is 23.0 Å². The first-order chi connectivity index (χ1) is 14.5. The van der Waals surface area contributed by atoms with Crippen LogP contribution in [0.3, 0.4) is 0 Å². The smallest absolute Gasteiger partial charge is 0.347 e. The van der Waals surface area contributed by atoms with Gasteiger partial charge < -0.3 is 29.5 Å². The first-order valence-corrected chi connectivity index (χ1v) is 8.87. The van der Waals surface area contributed by atoms with Gasteiger partial charge in [0.2, 0.25) is 11.5 Å². The molecule has 0 aliphatic heterocycles. The Hall–Kier alpha value is -4.14. The first kappa shape index (κ1) is 19.2. The lowest BCUT2D eigenvalue weighted by atomic mass is 9.98. The third-order valence-electron chi connectivity index (χ3n) is 4.72. The van der Waals surface area contributed by atoms with Crippen molar-refractivity contribution in [3.05, 3.63) is 47.0 Å². The number of aromatic nitrogens is 2. The predicted octanol–water partition coefficient (Wildman–Crippen LogP) is 3.16. The van der Waals surface area contributed by atoms with Crippen molar-refractivity contribution in [3.63, 3.8) is 0 Å². The zero-order chi connectivity index (χ0) is 21.4. The lowest BCUT2D eigenvalue weighted by Gasteiger charge is -2.12. The Labute approximate surface area is 170 Å². The number of hydrogen-bond donors (Lipinski definition) is 3. The van der Waals surface area contributed by atoms with Crippen LogP contribution in [0.15, 0.2) is 45.7 Å². The second-order valence-corrected chi connectivity index (χ2v) is 6.42. The zero-order valence-corrected chi connectivity index (χ0v) is 16.5. The Morgan fingerprint density at radius 3 is 2.47 bits per heavy atom. The summed E-state index contributed by atoms with van der Waals surface area (Å²) < 4.78 is 21.8. The van der Waals surface area contributed by atoms with E-state index in [1.165, 1.54) is 33.6 Å². The maximum Gasteiger partial charge on any atom is 0.347 e. The van der Waals surface area contributed by atoms with Crippen molar-refractivity contribution in [3.8, 4) is 45.4 Å². The van der Waals surface area contributed by atoms with Crippen molar-refractivity contribution >= 4 is 16.8 Å². The number of aromatic hydroxyl groups is 1. The summed E-state index contributed by atoms with van der Waals surface area (Å²) in [6.07, 6.45) is 1.41. The van der Waals surface area contributed by atoms with Gasteiger partial charge in [-0.25, -0.2) is 9.78 Å². The summed E-state index contributed by atoms with van der Waals surface area (Å²) in [6, 6.07) is 8.42. The maximum absolute atomic E-state index is 11.7. The topological polar surface area (TPSA) is 133 Å². The monoisotopic (exact) mass is 409 g/mol. The van der Waals surface area contributed by atoms with Crippen LogP contribution in [0.2, 0.25) is 0 Å². The fraction of sp³-hybridized carbons (Fsp3) is 0.143. The van der Waals surface area contributed by atoms with Crippen molar-refractivity contribution in [2.75, 3.05) is 27.1 Å². The number of nitrogens with zero attached hydrogens (tertiary/aromatic N) is 1. The summed E-state index contributed by atoms with van der Waals surface area (Å²) in [7, 11) is 4.43. The maximum atomic E-state index is 11.7. The van der Waals surface area contributed by atoms with Crippen LogP contribution in [-0.4, -0.2) is 36.4 Å². The van der Waals surface area contributed by atoms with Gasteiger partial charge in [-0.2, -0.15) is 0 Å². The summed E-state index contributed by atoms with van der Waals surface area (Å²) in [4.78, 5) is 18.1. The molecular formula is C21H19N3O6. The lowest BCUT2D eigenvalue weighted by molar-refractivity contribution is 0.333. The molecule has 0 bridgehead atoms. The molecule has 2 heterocycles. The number of benzene rings is 2. The number of methoxy groups -OCH3 is 3. The number of anilines is 1. The molecule has 0 spiro atoms. The van der Waals surface area contributed by atoms with Gasteiger partial charge in [-0.1, -0.05) is 0 Å². The van der Waals surface area contributed by atoms with Gasteiger partial charge in [-0.3, -0.25) is 4.98 Å². The van der Waals surface area contributed by atoms with E-state index in [0.717, 1.165) is 0 Å². The van der Waals surface area contributed by atoms with Gasteiger partial charge in [0.25, 0.3) is 0 Å². The molecule has 0 aliphatic carbocycles. The molecule has 0 saturated heterocycles. The van der Waals surface area contributed by atoms with Crippen LogP contribution < -0.4 is 25.6 Å². The number of fused-ring (bicyclic) bond motifs is 1. The molecule has 9 nitrogen and oxygen atoms in total. The quantitative estimate of drug-likeness (QED) is 0.428. The number of phenols is 1. The normalized spacial score (nSPS) is 10.9. The second kappa shape index (κ2) is 7.36. The van der Waals surface area contributed by atoms with E-state index in [1.807, 2.05) is 0 Å². The zero-order valence-electron chi connectivity index (χ0n) is 16.5. The lowest BCUT2D eigenvalue weighted by Crippen LogP contribution is -2.07. The molecule has 0 atom stereocenters. The van der Waals surface area contributed by atoms with E-state index in [4.69, 9.17) is 24.4 Å². The summed E-state index contributed by atoms with van der Waals surface area (Å²) in [5, 5.41) is 11.0. The molecule has 154 valence electrons. The molecule has 0 amide bonds. The highest BCUT2D eigenvalue weighted by atomic mass is 16.5. The number of H-pyrrole nitrogens is 1.